The van der Waals surface area contributed by atoms with E-state index in [0.29, 0.717) is 34.1 Å². The van der Waals surface area contributed by atoms with Crippen molar-refractivity contribution in [3.05, 3.63) is 52.7 Å². The number of thiophene rings is 1. The number of hydrogen-bond donors (Lipinski definition) is 1. The van der Waals surface area contributed by atoms with Gasteiger partial charge in [0.05, 0.1) is 16.2 Å². The monoisotopic (exact) mass is 463 g/mol. The Balaban J connectivity index is 1.73. The van der Waals surface area contributed by atoms with Gasteiger partial charge in [-0.25, -0.2) is 18.4 Å². The molecule has 0 unspecified atom stereocenters. The van der Waals surface area contributed by atoms with Crippen LogP contribution >= 0.6 is 34.9 Å². The zero-order chi connectivity index (χ0) is 20.6. The second kappa shape index (κ2) is 8.10. The van der Waals surface area contributed by atoms with Crippen LogP contribution < -0.4 is 4.72 Å². The van der Waals surface area contributed by atoms with Gasteiger partial charge >= 0.3 is 0 Å². The summed E-state index contributed by atoms with van der Waals surface area (Å²) in [5.41, 5.74) is 3.18. The first kappa shape index (κ1) is 20.4. The Morgan fingerprint density at radius 2 is 1.90 bits per heavy atom. The largest absolute Gasteiger partial charge is 0.294 e. The highest BCUT2D eigenvalue weighted by atomic mass is 32.2. The summed E-state index contributed by atoms with van der Waals surface area (Å²) >= 11 is 4.50. The third-order valence-corrected chi connectivity index (χ3v) is 8.60. The second-order valence-corrected chi connectivity index (χ2v) is 11.5. The van der Waals surface area contributed by atoms with Crippen LogP contribution in [0.2, 0.25) is 0 Å². The average molecular weight is 464 g/mol. The molecule has 150 valence electrons. The molecule has 0 aliphatic heterocycles. The highest BCUT2D eigenvalue weighted by Crippen LogP contribution is 2.46. The van der Waals surface area contributed by atoms with Crippen LogP contribution in [0, 0.1) is 6.92 Å². The molecule has 10 heteroatoms. The minimum Gasteiger partial charge on any atom is -0.294 e. The summed E-state index contributed by atoms with van der Waals surface area (Å²) in [6.45, 7) is 2.02. The molecule has 0 atom stereocenters. The summed E-state index contributed by atoms with van der Waals surface area (Å²) in [5, 5.41) is 2.70. The van der Waals surface area contributed by atoms with Crippen molar-refractivity contribution in [2.75, 3.05) is 11.0 Å². The molecule has 1 aromatic carbocycles. The number of nitrogens with zero attached hydrogens (tertiary/aromatic N) is 2. The van der Waals surface area contributed by atoms with E-state index < -0.39 is 10.0 Å². The van der Waals surface area contributed by atoms with Crippen molar-refractivity contribution in [2.45, 2.75) is 38.9 Å². The van der Waals surface area contributed by atoms with Crippen molar-refractivity contribution in [3.63, 3.8) is 0 Å². The Morgan fingerprint density at radius 1 is 1.14 bits per heavy atom. The standard InChI is InChI=1S/C19H17N3O3S4/c1-11-10-26-18(17(11)28-19-20-6-3-7-21-19)27-16-9-13-12(4-5-15(13)23)8-14(16)22-29(2,24)25/h3,6-10,22H,4-5H2,1-2H3. The van der Waals surface area contributed by atoms with E-state index in [1.54, 1.807) is 35.9 Å². The Bertz CT molecular complexity index is 1190. The Kier molecular flexibility index (Phi) is 5.69. The van der Waals surface area contributed by atoms with Crippen LogP contribution in [0.3, 0.4) is 0 Å². The number of nitrogens with one attached hydrogen (secondary N) is 1. The van der Waals surface area contributed by atoms with Gasteiger partial charge in [0.25, 0.3) is 0 Å². The number of Topliss-reactive ketones (excluding diaryl/α,β-unsaturated/α-hetero) is 1. The number of anilines is 1. The predicted octanol–water partition coefficient (Wildman–Crippen LogP) is 4.65. The third-order valence-electron chi connectivity index (χ3n) is 4.25. The van der Waals surface area contributed by atoms with Gasteiger partial charge in [0, 0.05) is 34.2 Å². The minimum atomic E-state index is -3.45. The number of carbonyl (C=O) groups excluding carboxylic acids is 1. The molecule has 4 rings (SSSR count). The number of carbonyl (C=O) groups is 1. The van der Waals surface area contributed by atoms with Crippen molar-refractivity contribution in [2.24, 2.45) is 0 Å². The summed E-state index contributed by atoms with van der Waals surface area (Å²) in [7, 11) is -3.45. The van der Waals surface area contributed by atoms with Gasteiger partial charge in [-0.15, -0.1) is 11.3 Å². The zero-order valence-electron chi connectivity index (χ0n) is 15.6. The van der Waals surface area contributed by atoms with Gasteiger partial charge in [-0.1, -0.05) is 11.8 Å². The summed E-state index contributed by atoms with van der Waals surface area (Å²) < 4.78 is 27.4. The quantitative estimate of drug-likeness (QED) is 0.532. The van der Waals surface area contributed by atoms with Crippen LogP contribution in [0.1, 0.15) is 27.9 Å². The van der Waals surface area contributed by atoms with Crippen LogP contribution in [-0.2, 0) is 16.4 Å². The van der Waals surface area contributed by atoms with Crippen molar-refractivity contribution in [1.29, 1.82) is 0 Å². The van der Waals surface area contributed by atoms with Crippen molar-refractivity contribution < 1.29 is 13.2 Å². The van der Waals surface area contributed by atoms with Gasteiger partial charge in [0.1, 0.15) is 0 Å². The number of sulfonamides is 1. The highest BCUT2D eigenvalue weighted by molar-refractivity contribution is 8.03. The van der Waals surface area contributed by atoms with Gasteiger partial charge in [-0.3, -0.25) is 9.52 Å². The number of fused-ring (bicyclic) bond motifs is 1. The second-order valence-electron chi connectivity index (χ2n) is 6.57. The molecule has 0 radical (unpaired) electrons. The number of aryl methyl sites for hydroxylation is 2. The molecular weight excluding hydrogens is 446 g/mol. The fourth-order valence-corrected chi connectivity index (χ4v) is 7.04. The van der Waals surface area contributed by atoms with Gasteiger partial charge in [0.2, 0.25) is 10.0 Å². The number of aromatic nitrogens is 2. The minimum absolute atomic E-state index is 0.0994. The van der Waals surface area contributed by atoms with Crippen LogP contribution in [0.25, 0.3) is 0 Å². The lowest BCUT2D eigenvalue weighted by Gasteiger charge is -2.13. The lowest BCUT2D eigenvalue weighted by molar-refractivity contribution is 0.0994. The number of hydrogen-bond acceptors (Lipinski definition) is 8. The van der Waals surface area contributed by atoms with Gasteiger partial charge in [-0.05, 0) is 59.8 Å². The molecule has 0 amide bonds. The van der Waals surface area contributed by atoms with E-state index in [1.165, 1.54) is 23.5 Å². The molecule has 1 N–H and O–H groups in total. The molecular formula is C19H17N3O3S4. The summed E-state index contributed by atoms with van der Waals surface area (Å²) in [5.74, 6) is 0.0994. The van der Waals surface area contributed by atoms with Crippen molar-refractivity contribution in [3.8, 4) is 0 Å². The van der Waals surface area contributed by atoms with Crippen LogP contribution in [-0.4, -0.2) is 30.4 Å². The van der Waals surface area contributed by atoms with E-state index in [-0.39, 0.29) is 5.78 Å². The first-order valence-corrected chi connectivity index (χ1v) is 13.1. The molecule has 1 aliphatic rings. The highest BCUT2D eigenvalue weighted by Gasteiger charge is 2.24. The molecule has 1 aliphatic carbocycles. The number of rotatable bonds is 6. The molecule has 0 spiro atoms. The third kappa shape index (κ3) is 4.66. The maximum Gasteiger partial charge on any atom is 0.229 e. The molecule has 0 bridgehead atoms. The Morgan fingerprint density at radius 3 is 2.62 bits per heavy atom. The summed E-state index contributed by atoms with van der Waals surface area (Å²) in [6.07, 6.45) is 5.63. The first-order valence-electron chi connectivity index (χ1n) is 8.69. The molecule has 29 heavy (non-hydrogen) atoms. The topological polar surface area (TPSA) is 89.0 Å². The predicted molar refractivity (Wildman–Crippen MR) is 117 cm³/mol. The smallest absolute Gasteiger partial charge is 0.229 e. The van der Waals surface area contributed by atoms with Gasteiger partial charge in [0.15, 0.2) is 10.9 Å². The number of ketones is 1. The molecule has 3 aromatic rings. The Hall–Kier alpha value is -1.88. The van der Waals surface area contributed by atoms with E-state index in [4.69, 9.17) is 0 Å². The molecule has 2 heterocycles. The van der Waals surface area contributed by atoms with Crippen molar-refractivity contribution >= 4 is 56.4 Å². The van der Waals surface area contributed by atoms with E-state index in [9.17, 15) is 13.2 Å². The first-order chi connectivity index (χ1) is 13.8. The van der Waals surface area contributed by atoms with E-state index >= 15 is 0 Å². The zero-order valence-corrected chi connectivity index (χ0v) is 18.9. The lowest BCUT2D eigenvalue weighted by Crippen LogP contribution is -2.11. The maximum absolute atomic E-state index is 12.2. The van der Waals surface area contributed by atoms with Gasteiger partial charge in [-0.2, -0.15) is 0 Å². The fraction of sp³-hybridized carbons (Fsp3) is 0.211. The summed E-state index contributed by atoms with van der Waals surface area (Å²) in [6, 6.07) is 5.37. The normalized spacial score (nSPS) is 13.5. The molecule has 0 saturated heterocycles. The molecule has 0 saturated carbocycles. The van der Waals surface area contributed by atoms with Crippen LogP contribution in [0.5, 0.6) is 0 Å². The van der Waals surface area contributed by atoms with E-state index in [1.807, 2.05) is 13.0 Å². The Labute approximate surface area is 181 Å². The fourth-order valence-electron chi connectivity index (χ4n) is 2.97. The van der Waals surface area contributed by atoms with Gasteiger partial charge < -0.3 is 0 Å². The van der Waals surface area contributed by atoms with Crippen LogP contribution in [0.4, 0.5) is 5.69 Å². The van der Waals surface area contributed by atoms with Crippen LogP contribution in [0.15, 0.2) is 55.1 Å². The molecule has 0 fully saturated rings. The SMILES string of the molecule is Cc1csc(Sc2cc3c(cc2NS(C)(=O)=O)CCC3=O)c1Sc1ncccn1. The van der Waals surface area contributed by atoms with E-state index in [0.717, 1.165) is 26.5 Å². The lowest BCUT2D eigenvalue weighted by atomic mass is 10.1. The molecule has 2 aromatic heterocycles. The van der Waals surface area contributed by atoms with E-state index in [2.05, 4.69) is 20.1 Å². The average Bonchev–Trinajstić information content (AvgIpc) is 3.19. The number of benzene rings is 1. The summed E-state index contributed by atoms with van der Waals surface area (Å²) in [4.78, 5) is 22.5. The van der Waals surface area contributed by atoms with Crippen molar-refractivity contribution in [1.82, 2.24) is 9.97 Å². The molecule has 6 nitrogen and oxygen atoms in total. The maximum atomic E-state index is 12.2.